The van der Waals surface area contributed by atoms with Gasteiger partial charge in [0.2, 0.25) is 11.5 Å². The molecule has 0 spiro atoms. The number of carbonyl (C=O) groups excluding carboxylic acids is 1. The van der Waals surface area contributed by atoms with Gasteiger partial charge in [0.1, 0.15) is 11.4 Å². The van der Waals surface area contributed by atoms with Crippen LogP contribution in [-0.2, 0) is 4.74 Å². The van der Waals surface area contributed by atoms with Gasteiger partial charge in [-0.25, -0.2) is 4.39 Å². The Morgan fingerprint density at radius 1 is 1.37 bits per heavy atom. The van der Waals surface area contributed by atoms with Crippen molar-refractivity contribution in [2.75, 3.05) is 13.7 Å². The van der Waals surface area contributed by atoms with Crippen molar-refractivity contribution in [3.05, 3.63) is 47.3 Å². The lowest BCUT2D eigenvalue weighted by Gasteiger charge is -2.24. The van der Waals surface area contributed by atoms with Gasteiger partial charge in [-0.05, 0) is 24.3 Å². The van der Waals surface area contributed by atoms with Gasteiger partial charge in [0.15, 0.2) is 0 Å². The number of nitrogens with zero attached hydrogens (tertiary/aromatic N) is 6. The van der Waals surface area contributed by atoms with E-state index in [9.17, 15) is 9.18 Å². The number of halogens is 1. The van der Waals surface area contributed by atoms with Gasteiger partial charge in [0.05, 0.1) is 18.0 Å². The van der Waals surface area contributed by atoms with Crippen molar-refractivity contribution >= 4 is 23.8 Å². The van der Waals surface area contributed by atoms with E-state index in [1.807, 2.05) is 13.1 Å². The predicted octanol–water partition coefficient (Wildman–Crippen LogP) is 1.99. The Labute approximate surface area is 154 Å². The maximum Gasteiger partial charge on any atom is 0.318 e. The number of hydrogen-bond donors (Lipinski definition) is 0. The summed E-state index contributed by atoms with van der Waals surface area (Å²) in [5, 5.41) is 8.48. The van der Waals surface area contributed by atoms with Crippen LogP contribution in [0.25, 0.3) is 5.82 Å². The zero-order valence-corrected chi connectivity index (χ0v) is 14.8. The van der Waals surface area contributed by atoms with Gasteiger partial charge < -0.3 is 4.74 Å². The Morgan fingerprint density at radius 2 is 2.22 bits per heavy atom. The van der Waals surface area contributed by atoms with Gasteiger partial charge in [-0.2, -0.15) is 9.67 Å². The maximum absolute atomic E-state index is 14.2. The zero-order valence-electron chi connectivity index (χ0n) is 14.8. The summed E-state index contributed by atoms with van der Waals surface area (Å²) >= 11 is 0. The van der Waals surface area contributed by atoms with E-state index < -0.39 is 11.7 Å². The molecule has 3 aliphatic heterocycles. The van der Waals surface area contributed by atoms with Crippen molar-refractivity contribution in [2.45, 2.75) is 25.4 Å². The van der Waals surface area contributed by atoms with E-state index in [4.69, 9.17) is 4.74 Å². The molecule has 3 aliphatic rings. The molecule has 5 rings (SSSR count). The fraction of sp³-hybridized carbons (Fsp3) is 0.333. The first-order valence-corrected chi connectivity index (χ1v) is 8.74. The number of amides is 1. The number of fused-ring (bicyclic) bond motifs is 3. The third kappa shape index (κ3) is 2.28. The second-order valence-electron chi connectivity index (χ2n) is 6.82. The maximum atomic E-state index is 14.2. The topological polar surface area (TPSA) is 78.5 Å². The number of carbonyl (C=O) groups is 1. The van der Waals surface area contributed by atoms with Crippen LogP contribution in [-0.4, -0.2) is 51.9 Å². The number of ether oxygens (including phenoxy) is 1. The Hall–Kier alpha value is -2.91. The monoisotopic (exact) mass is 368 g/mol. The Balaban J connectivity index is 1.59. The van der Waals surface area contributed by atoms with Crippen LogP contribution in [0.5, 0.6) is 0 Å². The standard InChI is InChI=1S/C18H17FN6O2/c1-10-11(6-7-27-10)13-8-25(22-21-13)16-17-23(2)18(26)15-12(19)4-3-5-14(15)24(17)9-20-16/h3-5,8-11H,6-7H2,1-2H3/q+1. The summed E-state index contributed by atoms with van der Waals surface area (Å²) in [4.78, 5) is 20.2. The quantitative estimate of drug-likeness (QED) is 0.760. The number of aliphatic imine (C=N–C) groups is 1. The summed E-state index contributed by atoms with van der Waals surface area (Å²) in [5.41, 5.74) is 1.33. The highest BCUT2D eigenvalue weighted by Crippen LogP contribution is 2.38. The minimum atomic E-state index is -0.552. The molecule has 0 bridgehead atoms. The Morgan fingerprint density at radius 3 is 3.00 bits per heavy atom. The van der Waals surface area contributed by atoms with E-state index in [2.05, 4.69) is 15.3 Å². The molecule has 9 heteroatoms. The van der Waals surface area contributed by atoms with Gasteiger partial charge in [0, 0.05) is 25.6 Å². The van der Waals surface area contributed by atoms with Crippen LogP contribution in [0.2, 0.25) is 0 Å². The summed E-state index contributed by atoms with van der Waals surface area (Å²) < 4.78 is 21.4. The molecule has 27 heavy (non-hydrogen) atoms. The van der Waals surface area contributed by atoms with Crippen LogP contribution in [0, 0.1) is 5.82 Å². The average molecular weight is 368 g/mol. The van der Waals surface area contributed by atoms with E-state index in [0.717, 1.165) is 12.1 Å². The summed E-state index contributed by atoms with van der Waals surface area (Å²) in [7, 11) is 1.60. The Bertz CT molecular complexity index is 1010. The first kappa shape index (κ1) is 16.3. The molecule has 1 aromatic carbocycles. The average Bonchev–Trinajstić information content (AvgIpc) is 3.37. The normalized spacial score (nSPS) is 24.7. The van der Waals surface area contributed by atoms with Crippen LogP contribution in [0.3, 0.4) is 0 Å². The highest BCUT2D eigenvalue weighted by molar-refractivity contribution is 6.06. The highest BCUT2D eigenvalue weighted by atomic mass is 19.1. The van der Waals surface area contributed by atoms with Crippen molar-refractivity contribution in [2.24, 2.45) is 4.99 Å². The molecule has 0 saturated carbocycles. The molecule has 2 unspecified atom stereocenters. The van der Waals surface area contributed by atoms with E-state index in [1.54, 1.807) is 35.1 Å². The summed E-state index contributed by atoms with van der Waals surface area (Å²) in [6.45, 7) is 2.73. The fourth-order valence-corrected chi connectivity index (χ4v) is 3.84. The van der Waals surface area contributed by atoms with Crippen molar-refractivity contribution < 1.29 is 13.9 Å². The van der Waals surface area contributed by atoms with E-state index in [1.165, 1.54) is 11.0 Å². The number of aromatic nitrogens is 3. The fourth-order valence-electron chi connectivity index (χ4n) is 3.84. The van der Waals surface area contributed by atoms with Crippen molar-refractivity contribution in [1.82, 2.24) is 24.8 Å². The number of rotatable bonds is 2. The lowest BCUT2D eigenvalue weighted by atomic mass is 10.00. The molecule has 1 saturated heterocycles. The zero-order chi connectivity index (χ0) is 18.7. The minimum Gasteiger partial charge on any atom is -0.378 e. The van der Waals surface area contributed by atoms with E-state index in [-0.39, 0.29) is 17.6 Å². The Kier molecular flexibility index (Phi) is 3.49. The van der Waals surface area contributed by atoms with Crippen molar-refractivity contribution in [3.8, 4) is 0 Å². The van der Waals surface area contributed by atoms with Crippen LogP contribution in [0.15, 0.2) is 35.2 Å². The van der Waals surface area contributed by atoms with Gasteiger partial charge >= 0.3 is 5.82 Å². The van der Waals surface area contributed by atoms with Crippen LogP contribution in [0.1, 0.15) is 35.3 Å². The molecule has 137 valence electrons. The summed E-state index contributed by atoms with van der Waals surface area (Å²) in [6.07, 6.45) is 4.37. The molecule has 8 nitrogen and oxygen atoms in total. The van der Waals surface area contributed by atoms with Crippen LogP contribution < -0.4 is 4.90 Å². The molecule has 1 radical (unpaired) electrons. The van der Waals surface area contributed by atoms with E-state index in [0.29, 0.717) is 23.9 Å². The third-order valence-electron chi connectivity index (χ3n) is 5.30. The lowest BCUT2D eigenvalue weighted by molar-refractivity contribution is 0.0810. The molecular weight excluding hydrogens is 351 g/mol. The smallest absolute Gasteiger partial charge is 0.318 e. The second-order valence-corrected chi connectivity index (χ2v) is 6.82. The van der Waals surface area contributed by atoms with Crippen molar-refractivity contribution in [3.63, 3.8) is 0 Å². The predicted molar refractivity (Wildman–Crippen MR) is 94.8 cm³/mol. The minimum absolute atomic E-state index is 0.0349. The molecule has 1 fully saturated rings. The summed E-state index contributed by atoms with van der Waals surface area (Å²) in [6, 6.07) is 4.55. The van der Waals surface area contributed by atoms with Gasteiger partial charge in [-0.15, -0.1) is 5.10 Å². The largest absolute Gasteiger partial charge is 0.378 e. The van der Waals surface area contributed by atoms with Crippen LogP contribution >= 0.6 is 0 Å². The first-order chi connectivity index (χ1) is 13.1. The molecule has 2 aromatic rings. The second kappa shape index (κ2) is 5.80. The summed E-state index contributed by atoms with van der Waals surface area (Å²) in [5.74, 6) is 0.196. The molecule has 1 amide bonds. The number of benzene rings is 1. The molecule has 1 aromatic heterocycles. The van der Waals surface area contributed by atoms with Gasteiger partial charge in [0.25, 0.3) is 12.2 Å². The number of anilines is 1. The molecule has 0 aliphatic carbocycles. The molecule has 4 heterocycles. The van der Waals surface area contributed by atoms with E-state index >= 15 is 0 Å². The third-order valence-corrected chi connectivity index (χ3v) is 5.30. The van der Waals surface area contributed by atoms with Gasteiger partial charge in [-0.3, -0.25) is 9.69 Å². The molecule has 2 atom stereocenters. The SMILES string of the molecule is CC1OCCC1c1cn(C2=C3N(C)C(=O)c4c(F)cccc4[N+]3C=N2)nn1. The number of hydrogen-bond acceptors (Lipinski definition) is 6. The first-order valence-electron chi connectivity index (χ1n) is 8.74. The van der Waals surface area contributed by atoms with Crippen LogP contribution in [0.4, 0.5) is 10.1 Å². The molecule has 0 N–H and O–H groups in total. The van der Waals surface area contributed by atoms with Crippen molar-refractivity contribution in [1.29, 1.82) is 0 Å². The van der Waals surface area contributed by atoms with Gasteiger partial charge in [-0.1, -0.05) is 11.3 Å². The highest BCUT2D eigenvalue weighted by Gasteiger charge is 2.48. The molecular formula is C18H17FN6O2+. The lowest BCUT2D eigenvalue weighted by Crippen LogP contribution is -2.42.